The Kier molecular flexibility index (Phi) is 4.08. The number of pyridine rings is 1. The number of hydrogen-bond acceptors (Lipinski definition) is 3. The molecule has 1 aromatic heterocycles. The van der Waals surface area contributed by atoms with Crippen LogP contribution in [0.4, 0.5) is 0 Å². The van der Waals surface area contributed by atoms with Gasteiger partial charge in [-0.1, -0.05) is 6.07 Å². The minimum absolute atomic E-state index is 0.166. The van der Waals surface area contributed by atoms with Gasteiger partial charge in [-0.3, -0.25) is 9.78 Å². The van der Waals surface area contributed by atoms with Gasteiger partial charge in [-0.05, 0) is 37.0 Å². The molecule has 0 atom stereocenters. The van der Waals surface area contributed by atoms with E-state index >= 15 is 0 Å². The molecule has 0 saturated carbocycles. The molecule has 2 rings (SSSR count). The van der Waals surface area contributed by atoms with E-state index in [0.717, 1.165) is 37.9 Å². The van der Waals surface area contributed by atoms with Crippen molar-refractivity contribution in [2.75, 3.05) is 13.1 Å². The lowest BCUT2D eigenvalue weighted by Gasteiger charge is -2.26. The lowest BCUT2D eigenvalue weighted by atomic mass is 10.1. The topological polar surface area (TPSA) is 57.0 Å². The highest BCUT2D eigenvalue weighted by Crippen LogP contribution is 2.13. The van der Waals surface area contributed by atoms with Gasteiger partial charge in [0, 0.05) is 25.5 Å². The summed E-state index contributed by atoms with van der Waals surface area (Å²) in [4.78, 5) is 17.9. The van der Waals surface area contributed by atoms with Gasteiger partial charge < -0.3 is 4.90 Å². The SMILES string of the molecule is N#C/C(=C\c1cccnc1)C(=O)N1CCCCC1. The Morgan fingerprint density at radius 2 is 2.17 bits per heavy atom. The Morgan fingerprint density at radius 1 is 1.39 bits per heavy atom. The van der Waals surface area contributed by atoms with E-state index in [1.54, 1.807) is 29.4 Å². The molecule has 0 aliphatic carbocycles. The first-order valence-corrected chi connectivity index (χ1v) is 6.12. The lowest BCUT2D eigenvalue weighted by molar-refractivity contribution is -0.127. The zero-order chi connectivity index (χ0) is 12.8. The summed E-state index contributed by atoms with van der Waals surface area (Å²) in [6.07, 6.45) is 8.12. The van der Waals surface area contributed by atoms with Gasteiger partial charge in [-0.25, -0.2) is 0 Å². The molecule has 1 aliphatic heterocycles. The molecule has 2 heterocycles. The quantitative estimate of drug-likeness (QED) is 0.587. The number of nitriles is 1. The Hall–Kier alpha value is -2.15. The molecule has 4 nitrogen and oxygen atoms in total. The number of carbonyl (C=O) groups is 1. The van der Waals surface area contributed by atoms with Crippen molar-refractivity contribution < 1.29 is 4.79 Å². The fourth-order valence-corrected chi connectivity index (χ4v) is 2.04. The summed E-state index contributed by atoms with van der Waals surface area (Å²) in [7, 11) is 0. The molecule has 0 bridgehead atoms. The number of hydrogen-bond donors (Lipinski definition) is 0. The van der Waals surface area contributed by atoms with E-state index in [0.29, 0.717) is 0 Å². The number of aromatic nitrogens is 1. The fourth-order valence-electron chi connectivity index (χ4n) is 2.04. The third-order valence-electron chi connectivity index (χ3n) is 2.99. The highest BCUT2D eigenvalue weighted by atomic mass is 16.2. The van der Waals surface area contributed by atoms with Crippen molar-refractivity contribution in [2.45, 2.75) is 19.3 Å². The lowest BCUT2D eigenvalue weighted by Crippen LogP contribution is -2.36. The molecule has 1 aromatic rings. The van der Waals surface area contributed by atoms with Crippen molar-refractivity contribution in [3.05, 3.63) is 35.7 Å². The molecule has 1 aliphatic rings. The van der Waals surface area contributed by atoms with Gasteiger partial charge in [-0.15, -0.1) is 0 Å². The predicted octanol–water partition coefficient (Wildman–Crippen LogP) is 2.00. The zero-order valence-electron chi connectivity index (χ0n) is 10.2. The van der Waals surface area contributed by atoms with Gasteiger partial charge in [0.05, 0.1) is 0 Å². The Morgan fingerprint density at radius 3 is 2.78 bits per heavy atom. The first-order chi connectivity index (χ1) is 8.81. The molecule has 0 radical (unpaired) electrons. The van der Waals surface area contributed by atoms with Crippen molar-refractivity contribution >= 4 is 12.0 Å². The third kappa shape index (κ3) is 2.95. The molecule has 0 spiro atoms. The number of likely N-dealkylation sites (tertiary alicyclic amines) is 1. The summed E-state index contributed by atoms with van der Waals surface area (Å²) in [5, 5.41) is 9.10. The van der Waals surface area contributed by atoms with Gasteiger partial charge in [-0.2, -0.15) is 5.26 Å². The molecular formula is C14H15N3O. The number of nitrogens with zero attached hydrogens (tertiary/aromatic N) is 3. The average Bonchev–Trinajstić information content (AvgIpc) is 2.46. The molecule has 18 heavy (non-hydrogen) atoms. The third-order valence-corrected chi connectivity index (χ3v) is 2.99. The highest BCUT2D eigenvalue weighted by molar-refractivity contribution is 6.01. The number of amides is 1. The fraction of sp³-hybridized carbons (Fsp3) is 0.357. The maximum Gasteiger partial charge on any atom is 0.264 e. The van der Waals surface area contributed by atoms with E-state index in [-0.39, 0.29) is 11.5 Å². The van der Waals surface area contributed by atoms with E-state index in [4.69, 9.17) is 5.26 Å². The van der Waals surface area contributed by atoms with Crippen molar-refractivity contribution in [3.8, 4) is 6.07 Å². The van der Waals surface area contributed by atoms with Gasteiger partial charge in [0.15, 0.2) is 0 Å². The second kappa shape index (κ2) is 5.97. The first kappa shape index (κ1) is 12.3. The second-order valence-electron chi connectivity index (χ2n) is 4.31. The molecule has 1 fully saturated rings. The zero-order valence-corrected chi connectivity index (χ0v) is 10.2. The van der Waals surface area contributed by atoms with Crippen LogP contribution in [0.1, 0.15) is 24.8 Å². The maximum atomic E-state index is 12.1. The summed E-state index contributed by atoms with van der Waals surface area (Å²) >= 11 is 0. The molecular weight excluding hydrogens is 226 g/mol. The van der Waals surface area contributed by atoms with Gasteiger partial charge in [0.25, 0.3) is 5.91 Å². The predicted molar refractivity (Wildman–Crippen MR) is 68.3 cm³/mol. The van der Waals surface area contributed by atoms with Crippen LogP contribution in [0, 0.1) is 11.3 Å². The van der Waals surface area contributed by atoms with Crippen LogP contribution in [0.25, 0.3) is 6.08 Å². The molecule has 1 saturated heterocycles. The van der Waals surface area contributed by atoms with E-state index < -0.39 is 0 Å². The van der Waals surface area contributed by atoms with Crippen molar-refractivity contribution in [1.29, 1.82) is 5.26 Å². The van der Waals surface area contributed by atoms with Crippen LogP contribution in [0.2, 0.25) is 0 Å². The molecule has 92 valence electrons. The molecule has 0 aromatic carbocycles. The van der Waals surface area contributed by atoms with Crippen LogP contribution in [0.5, 0.6) is 0 Å². The Bertz CT molecular complexity index is 482. The van der Waals surface area contributed by atoms with E-state index in [1.807, 2.05) is 12.1 Å². The van der Waals surface area contributed by atoms with Gasteiger partial charge in [0.1, 0.15) is 11.6 Å². The van der Waals surface area contributed by atoms with Gasteiger partial charge >= 0.3 is 0 Å². The summed E-state index contributed by atoms with van der Waals surface area (Å²) in [6, 6.07) is 5.60. The molecule has 4 heteroatoms. The van der Waals surface area contributed by atoms with E-state index in [9.17, 15) is 4.79 Å². The summed E-state index contributed by atoms with van der Waals surface area (Å²) in [6.45, 7) is 1.51. The number of rotatable bonds is 2. The standard InChI is InChI=1S/C14H15N3O/c15-10-13(9-12-5-4-6-16-11-12)14(18)17-7-2-1-3-8-17/h4-6,9,11H,1-3,7-8H2/b13-9+. The van der Waals surface area contributed by atoms with Crippen LogP contribution >= 0.6 is 0 Å². The van der Waals surface area contributed by atoms with Crippen LogP contribution < -0.4 is 0 Å². The maximum absolute atomic E-state index is 12.1. The van der Waals surface area contributed by atoms with Crippen molar-refractivity contribution in [3.63, 3.8) is 0 Å². The van der Waals surface area contributed by atoms with E-state index in [2.05, 4.69) is 4.98 Å². The normalized spacial score (nSPS) is 16.2. The summed E-state index contributed by atoms with van der Waals surface area (Å²) < 4.78 is 0. The molecule has 0 unspecified atom stereocenters. The molecule has 1 amide bonds. The smallest absolute Gasteiger partial charge is 0.264 e. The Balaban J connectivity index is 2.16. The minimum atomic E-state index is -0.166. The average molecular weight is 241 g/mol. The van der Waals surface area contributed by atoms with Crippen molar-refractivity contribution in [2.24, 2.45) is 0 Å². The number of piperidine rings is 1. The van der Waals surface area contributed by atoms with E-state index in [1.165, 1.54) is 0 Å². The Labute approximate surface area is 107 Å². The highest BCUT2D eigenvalue weighted by Gasteiger charge is 2.19. The first-order valence-electron chi connectivity index (χ1n) is 6.12. The summed E-state index contributed by atoms with van der Waals surface area (Å²) in [5.41, 5.74) is 0.962. The largest absolute Gasteiger partial charge is 0.338 e. The molecule has 0 N–H and O–H groups in total. The second-order valence-corrected chi connectivity index (χ2v) is 4.31. The van der Waals surface area contributed by atoms with Crippen LogP contribution in [0.15, 0.2) is 30.1 Å². The van der Waals surface area contributed by atoms with Crippen LogP contribution in [0.3, 0.4) is 0 Å². The van der Waals surface area contributed by atoms with Crippen molar-refractivity contribution in [1.82, 2.24) is 9.88 Å². The minimum Gasteiger partial charge on any atom is -0.338 e. The monoisotopic (exact) mass is 241 g/mol. The van der Waals surface area contributed by atoms with Gasteiger partial charge in [0.2, 0.25) is 0 Å². The number of carbonyl (C=O) groups excluding carboxylic acids is 1. The van der Waals surface area contributed by atoms with Crippen LogP contribution in [-0.4, -0.2) is 28.9 Å². The van der Waals surface area contributed by atoms with Crippen LogP contribution in [-0.2, 0) is 4.79 Å². The summed E-state index contributed by atoms with van der Waals surface area (Å²) in [5.74, 6) is -0.166.